The Balaban J connectivity index is 1.54. The number of carbonyl (C=O) groups is 4. The Morgan fingerprint density at radius 2 is 1.59 bits per heavy atom. The van der Waals surface area contributed by atoms with Crippen LogP contribution in [0.25, 0.3) is 5.69 Å². The highest BCUT2D eigenvalue weighted by atomic mass is 16.6. The number of carbonyl (C=O) groups excluding carboxylic acids is 4. The summed E-state index contributed by atoms with van der Waals surface area (Å²) in [6.45, 7) is 9.54. The second kappa shape index (κ2) is 12.1. The first-order chi connectivity index (χ1) is 18.3. The van der Waals surface area contributed by atoms with Crippen LogP contribution in [0, 0.1) is 0 Å². The van der Waals surface area contributed by atoms with Crippen LogP contribution < -0.4 is 16.3 Å². The molecule has 1 fully saturated rings. The van der Waals surface area contributed by atoms with E-state index in [0.29, 0.717) is 18.5 Å². The molecule has 0 aliphatic carbocycles. The van der Waals surface area contributed by atoms with Gasteiger partial charge < -0.3 is 24.6 Å². The Morgan fingerprint density at radius 3 is 2.15 bits per heavy atom. The van der Waals surface area contributed by atoms with Gasteiger partial charge in [0.05, 0.1) is 5.69 Å². The number of aromatic nitrogens is 2. The second-order valence-electron chi connectivity index (χ2n) is 10.8. The van der Waals surface area contributed by atoms with Gasteiger partial charge in [0.1, 0.15) is 23.2 Å². The summed E-state index contributed by atoms with van der Waals surface area (Å²) >= 11 is 0. The van der Waals surface area contributed by atoms with Gasteiger partial charge in [0.25, 0.3) is 0 Å². The molecular weight excluding hydrogens is 504 g/mol. The summed E-state index contributed by atoms with van der Waals surface area (Å²) in [7, 11) is 0. The zero-order chi connectivity index (χ0) is 28.8. The average Bonchev–Trinajstić information content (AvgIpc) is 2.86. The maximum absolute atomic E-state index is 13.0. The molecule has 0 radical (unpaired) electrons. The molecule has 2 heterocycles. The number of aryl methyl sites for hydroxylation is 1. The molecule has 1 aliphatic heterocycles. The van der Waals surface area contributed by atoms with E-state index in [1.807, 2.05) is 12.1 Å². The summed E-state index contributed by atoms with van der Waals surface area (Å²) in [6.07, 6.45) is 2.78. The van der Waals surface area contributed by atoms with Crippen molar-refractivity contribution in [3.05, 3.63) is 52.6 Å². The fourth-order valence-electron chi connectivity index (χ4n) is 4.03. The van der Waals surface area contributed by atoms with E-state index >= 15 is 0 Å². The quantitative estimate of drug-likeness (QED) is 0.513. The van der Waals surface area contributed by atoms with Gasteiger partial charge in [0.2, 0.25) is 5.91 Å². The van der Waals surface area contributed by atoms with Crippen LogP contribution in [0.15, 0.2) is 41.3 Å². The lowest BCUT2D eigenvalue weighted by molar-refractivity contribution is -0.138. The van der Waals surface area contributed by atoms with Crippen molar-refractivity contribution in [1.82, 2.24) is 24.7 Å². The summed E-state index contributed by atoms with van der Waals surface area (Å²) in [4.78, 5) is 68.1. The third kappa shape index (κ3) is 8.13. The lowest BCUT2D eigenvalue weighted by atomic mass is 10.0. The molecule has 0 atom stereocenters. The molecule has 2 N–H and O–H groups in total. The summed E-state index contributed by atoms with van der Waals surface area (Å²) in [6, 6.07) is 8.33. The number of aldehydes is 1. The number of benzene rings is 1. The van der Waals surface area contributed by atoms with E-state index in [9.17, 15) is 24.0 Å². The minimum Gasteiger partial charge on any atom is -0.444 e. The van der Waals surface area contributed by atoms with E-state index < -0.39 is 29.0 Å². The van der Waals surface area contributed by atoms with Crippen LogP contribution in [0.2, 0.25) is 0 Å². The maximum Gasteiger partial charge on any atom is 0.408 e. The second-order valence-corrected chi connectivity index (χ2v) is 10.8. The molecule has 3 rings (SSSR count). The molecule has 4 amide bonds. The number of piperazine rings is 1. The van der Waals surface area contributed by atoms with E-state index in [2.05, 4.69) is 15.6 Å². The molecule has 0 bridgehead atoms. The van der Waals surface area contributed by atoms with E-state index in [1.54, 1.807) is 51.7 Å². The number of alkyl carbamates (subject to hydrolysis) is 1. The van der Waals surface area contributed by atoms with Crippen molar-refractivity contribution in [2.75, 3.05) is 31.5 Å². The van der Waals surface area contributed by atoms with Crippen LogP contribution in [-0.2, 0) is 20.7 Å². The zero-order valence-corrected chi connectivity index (χ0v) is 23.0. The third-order valence-electron chi connectivity index (χ3n) is 6.01. The number of anilines is 1. The number of nitrogens with one attached hydrogen (secondary N) is 2. The molecule has 39 heavy (non-hydrogen) atoms. The molecule has 1 aromatic heterocycles. The Hall–Kier alpha value is -4.22. The van der Waals surface area contributed by atoms with Crippen LogP contribution in [0.3, 0.4) is 0 Å². The molecule has 12 heteroatoms. The molecule has 1 aliphatic rings. The van der Waals surface area contributed by atoms with Crippen LogP contribution >= 0.6 is 0 Å². The van der Waals surface area contributed by atoms with E-state index in [-0.39, 0.29) is 37.9 Å². The molecule has 1 aromatic carbocycles. The molecule has 0 spiro atoms. The molecule has 2 aromatic rings. The smallest absolute Gasteiger partial charge is 0.408 e. The van der Waals surface area contributed by atoms with Gasteiger partial charge in [-0.05, 0) is 64.8 Å². The number of hydrogen-bond donors (Lipinski definition) is 2. The van der Waals surface area contributed by atoms with Crippen molar-refractivity contribution >= 4 is 30.1 Å². The predicted octanol–water partition coefficient (Wildman–Crippen LogP) is 2.34. The van der Waals surface area contributed by atoms with Gasteiger partial charge in [0.15, 0.2) is 0 Å². The average molecular weight is 541 g/mol. The maximum atomic E-state index is 13.0. The number of ether oxygens (including phenoxy) is 1. The molecule has 210 valence electrons. The molecule has 0 unspecified atom stereocenters. The van der Waals surface area contributed by atoms with Gasteiger partial charge >= 0.3 is 17.8 Å². The van der Waals surface area contributed by atoms with Crippen LogP contribution in [0.4, 0.5) is 15.4 Å². The van der Waals surface area contributed by atoms with Gasteiger partial charge in [-0.1, -0.05) is 12.1 Å². The largest absolute Gasteiger partial charge is 0.444 e. The van der Waals surface area contributed by atoms with Crippen LogP contribution in [-0.4, -0.2) is 81.0 Å². The lowest BCUT2D eigenvalue weighted by Gasteiger charge is -2.38. The van der Waals surface area contributed by atoms with Crippen molar-refractivity contribution in [2.24, 2.45) is 0 Å². The van der Waals surface area contributed by atoms with Crippen LogP contribution in [0.5, 0.6) is 0 Å². The summed E-state index contributed by atoms with van der Waals surface area (Å²) in [5.74, 6) is -0.166. The fraction of sp³-hybridized carbons (Fsp3) is 0.481. The van der Waals surface area contributed by atoms with E-state index in [1.165, 1.54) is 21.7 Å². The first-order valence-electron chi connectivity index (χ1n) is 12.8. The highest BCUT2D eigenvalue weighted by Crippen LogP contribution is 2.15. The van der Waals surface area contributed by atoms with Crippen molar-refractivity contribution in [2.45, 2.75) is 58.6 Å². The van der Waals surface area contributed by atoms with Crippen molar-refractivity contribution < 1.29 is 23.9 Å². The topological polar surface area (TPSA) is 143 Å². The number of nitrogens with zero attached hydrogens (tertiary/aromatic N) is 4. The molecule has 12 nitrogen and oxygen atoms in total. The Kier molecular flexibility index (Phi) is 9.10. The highest BCUT2D eigenvalue weighted by Gasteiger charge is 2.36. The van der Waals surface area contributed by atoms with Gasteiger partial charge in [-0.15, -0.1) is 0 Å². The third-order valence-corrected chi connectivity index (χ3v) is 6.01. The van der Waals surface area contributed by atoms with Gasteiger partial charge in [-0.3, -0.25) is 14.7 Å². The minimum atomic E-state index is -1.18. The van der Waals surface area contributed by atoms with E-state index in [0.717, 1.165) is 11.8 Å². The van der Waals surface area contributed by atoms with Gasteiger partial charge in [-0.2, -0.15) is 4.98 Å². The normalized spacial score (nSPS) is 14.0. The number of rotatable bonds is 7. The van der Waals surface area contributed by atoms with Crippen LogP contribution in [0.1, 0.15) is 46.6 Å². The Bertz CT molecular complexity index is 1260. The fourth-order valence-corrected chi connectivity index (χ4v) is 4.03. The van der Waals surface area contributed by atoms with E-state index in [4.69, 9.17) is 4.74 Å². The minimum absolute atomic E-state index is 0.116. The lowest BCUT2D eigenvalue weighted by Crippen LogP contribution is -2.60. The van der Waals surface area contributed by atoms with Gasteiger partial charge in [-0.25, -0.2) is 14.4 Å². The first kappa shape index (κ1) is 29.3. The summed E-state index contributed by atoms with van der Waals surface area (Å²) < 4.78 is 6.61. The highest BCUT2D eigenvalue weighted by molar-refractivity contribution is 5.90. The number of hydrogen-bond acceptors (Lipinski definition) is 7. The molecule has 1 saturated heterocycles. The van der Waals surface area contributed by atoms with Crippen molar-refractivity contribution in [3.63, 3.8) is 0 Å². The number of amides is 4. The van der Waals surface area contributed by atoms with Crippen molar-refractivity contribution in [3.8, 4) is 5.69 Å². The molecule has 0 saturated carbocycles. The Morgan fingerprint density at radius 1 is 0.974 bits per heavy atom. The molecular formula is C27H36N6O6. The standard InChI is InChI=1S/C27H36N6O6/c1-26(2,3)39-25(38)30-27(4,5)22(35)31-14-16-32(17-15-31)23(36)28-21-12-13-33(24(37)29-21)20-10-8-19(9-11-20)7-6-18-34/h8-13,18H,6-7,14-17H2,1-5H3,(H,30,38)(H,28,29,36,37). The number of urea groups is 1. The van der Waals surface area contributed by atoms with Gasteiger partial charge in [0, 0.05) is 38.8 Å². The summed E-state index contributed by atoms with van der Waals surface area (Å²) in [5, 5.41) is 5.25. The van der Waals surface area contributed by atoms with Crippen molar-refractivity contribution in [1.29, 1.82) is 0 Å². The predicted molar refractivity (Wildman–Crippen MR) is 145 cm³/mol. The zero-order valence-electron chi connectivity index (χ0n) is 23.0. The first-order valence-corrected chi connectivity index (χ1v) is 12.8. The Labute approximate surface area is 227 Å². The summed E-state index contributed by atoms with van der Waals surface area (Å²) in [5.41, 5.74) is -0.822. The SMILES string of the molecule is CC(C)(C)OC(=O)NC(C)(C)C(=O)N1CCN(C(=O)Nc2ccn(-c3ccc(CCC=O)cc3)c(=O)n2)CC1. The monoisotopic (exact) mass is 540 g/mol.